The highest BCUT2D eigenvalue weighted by atomic mass is 32.2. The molecule has 0 saturated carbocycles. The van der Waals surface area contributed by atoms with Gasteiger partial charge in [0.25, 0.3) is 0 Å². The Morgan fingerprint density at radius 1 is 1.36 bits per heavy atom. The van der Waals surface area contributed by atoms with Crippen molar-refractivity contribution in [1.29, 1.82) is 0 Å². The lowest BCUT2D eigenvalue weighted by atomic mass is 9.87. The number of rotatable bonds is 10. The third-order valence-corrected chi connectivity index (χ3v) is 5.91. The Kier molecular flexibility index (Phi) is 11.1. The van der Waals surface area contributed by atoms with Gasteiger partial charge in [-0.15, -0.1) is 0 Å². The average Bonchev–Trinajstić information content (AvgIpc) is 2.77. The number of carbonyl (C=O) groups excluding carboxylic acids is 2. The van der Waals surface area contributed by atoms with Crippen molar-refractivity contribution in [1.82, 2.24) is 0 Å². The molecule has 0 aromatic rings. The van der Waals surface area contributed by atoms with Crippen molar-refractivity contribution in [3.05, 3.63) is 23.3 Å². The van der Waals surface area contributed by atoms with Gasteiger partial charge >= 0.3 is 5.97 Å². The second-order valence-electron chi connectivity index (χ2n) is 8.30. The Balaban J connectivity index is 2.70. The highest BCUT2D eigenvalue weighted by Gasteiger charge is 2.39. The van der Waals surface area contributed by atoms with Crippen LogP contribution in [0.2, 0.25) is 0 Å². The maximum atomic E-state index is 12.3. The van der Waals surface area contributed by atoms with Crippen molar-refractivity contribution < 1.29 is 19.1 Å². The Hall–Kier alpha value is -1.07. The maximum absolute atomic E-state index is 12.3. The Morgan fingerprint density at radius 2 is 2.07 bits per heavy atom. The molecule has 160 valence electrons. The summed E-state index contributed by atoms with van der Waals surface area (Å²) >= 11 is 1.79. The van der Waals surface area contributed by atoms with E-state index >= 15 is 0 Å². The van der Waals surface area contributed by atoms with Gasteiger partial charge in [0, 0.05) is 25.0 Å². The number of hydrogen-bond donors (Lipinski definition) is 0. The summed E-state index contributed by atoms with van der Waals surface area (Å²) in [7, 11) is 0. The second-order valence-corrected chi connectivity index (χ2v) is 9.21. The van der Waals surface area contributed by atoms with Crippen LogP contribution in [0.1, 0.15) is 73.1 Å². The summed E-state index contributed by atoms with van der Waals surface area (Å²) in [6, 6.07) is 0. The molecule has 4 nitrogen and oxygen atoms in total. The zero-order valence-corrected chi connectivity index (χ0v) is 19.3. The van der Waals surface area contributed by atoms with Gasteiger partial charge in [-0.3, -0.25) is 9.59 Å². The lowest BCUT2D eigenvalue weighted by molar-refractivity contribution is -0.167. The van der Waals surface area contributed by atoms with Crippen LogP contribution in [-0.2, 0) is 19.1 Å². The van der Waals surface area contributed by atoms with E-state index in [0.29, 0.717) is 13.0 Å². The fourth-order valence-electron chi connectivity index (χ4n) is 3.45. The molecule has 3 atom stereocenters. The van der Waals surface area contributed by atoms with Crippen LogP contribution in [0.5, 0.6) is 0 Å². The Bertz CT molecular complexity index is 577. The van der Waals surface area contributed by atoms with Crippen molar-refractivity contribution in [2.75, 3.05) is 18.6 Å². The summed E-state index contributed by atoms with van der Waals surface area (Å²) in [6.07, 6.45) is 10.7. The Labute approximate surface area is 175 Å². The van der Waals surface area contributed by atoms with Crippen molar-refractivity contribution >= 4 is 23.5 Å². The maximum Gasteiger partial charge on any atom is 0.303 e. The monoisotopic (exact) mass is 410 g/mol. The third kappa shape index (κ3) is 8.95. The number of ether oxygens (including phenoxy) is 2. The van der Waals surface area contributed by atoms with E-state index in [9.17, 15) is 9.59 Å². The van der Waals surface area contributed by atoms with Crippen molar-refractivity contribution in [3.8, 4) is 0 Å². The van der Waals surface area contributed by atoms with Gasteiger partial charge in [-0.25, -0.2) is 0 Å². The molecule has 1 unspecified atom stereocenters. The van der Waals surface area contributed by atoms with E-state index in [1.807, 2.05) is 33.8 Å². The van der Waals surface area contributed by atoms with E-state index in [-0.39, 0.29) is 23.8 Å². The molecule has 1 saturated heterocycles. The summed E-state index contributed by atoms with van der Waals surface area (Å²) in [5.41, 5.74) is 1.94. The number of hydrogen-bond acceptors (Lipinski definition) is 5. The SMILES string of the molecule is CSCC=C1CC[C@@H](OC(C)=O)[C@](C)(CCCC(C)C(=O)CC=C(C)C)OC1. The quantitative estimate of drug-likeness (QED) is 0.351. The molecular formula is C23H38O4S. The molecule has 0 amide bonds. The minimum atomic E-state index is -0.511. The summed E-state index contributed by atoms with van der Waals surface area (Å²) in [5.74, 6) is 1.03. The van der Waals surface area contributed by atoms with E-state index in [0.717, 1.165) is 37.9 Å². The minimum Gasteiger partial charge on any atom is -0.459 e. The number of thioether (sulfide) groups is 1. The van der Waals surface area contributed by atoms with Gasteiger partial charge in [0.1, 0.15) is 17.5 Å². The van der Waals surface area contributed by atoms with Crippen LogP contribution < -0.4 is 0 Å². The normalized spacial score (nSPS) is 25.1. The molecule has 1 aliphatic rings. The number of carbonyl (C=O) groups is 2. The fraction of sp³-hybridized carbons (Fsp3) is 0.739. The largest absolute Gasteiger partial charge is 0.459 e. The third-order valence-electron chi connectivity index (χ3n) is 5.41. The van der Waals surface area contributed by atoms with E-state index in [1.54, 1.807) is 11.8 Å². The number of esters is 1. The summed E-state index contributed by atoms with van der Waals surface area (Å²) < 4.78 is 11.9. The summed E-state index contributed by atoms with van der Waals surface area (Å²) in [6.45, 7) is 10.1. The molecule has 0 aromatic carbocycles. The van der Waals surface area contributed by atoms with E-state index in [2.05, 4.69) is 12.3 Å². The van der Waals surface area contributed by atoms with Gasteiger partial charge in [0.05, 0.1) is 6.61 Å². The van der Waals surface area contributed by atoms with Gasteiger partial charge in [-0.1, -0.05) is 24.6 Å². The standard InChI is InChI=1S/C23H38O4S/c1-17(2)9-11-21(25)18(3)8-7-14-23(5)22(27-19(4)24)12-10-20(16-26-23)13-15-28-6/h9,13,18,22H,7-8,10-12,14-16H2,1-6H3/t18?,22-,23+/m1/s1. The average molecular weight is 411 g/mol. The van der Waals surface area contributed by atoms with Crippen LogP contribution in [-0.4, -0.2) is 42.1 Å². The number of allylic oxidation sites excluding steroid dienone is 2. The predicted molar refractivity (Wildman–Crippen MR) is 118 cm³/mol. The first-order valence-corrected chi connectivity index (χ1v) is 11.7. The van der Waals surface area contributed by atoms with Crippen molar-refractivity contribution in [3.63, 3.8) is 0 Å². The molecule has 0 aliphatic carbocycles. The van der Waals surface area contributed by atoms with Crippen LogP contribution in [0.3, 0.4) is 0 Å². The minimum absolute atomic E-state index is 0.0363. The van der Waals surface area contributed by atoms with Crippen LogP contribution in [0.4, 0.5) is 0 Å². The van der Waals surface area contributed by atoms with Gasteiger partial charge in [-0.05, 0) is 64.7 Å². The predicted octanol–water partition coefficient (Wildman–Crippen LogP) is 5.51. The zero-order chi connectivity index (χ0) is 21.2. The molecule has 0 spiro atoms. The topological polar surface area (TPSA) is 52.6 Å². The molecule has 1 fully saturated rings. The van der Waals surface area contributed by atoms with Gasteiger partial charge in [-0.2, -0.15) is 11.8 Å². The van der Waals surface area contributed by atoms with Gasteiger partial charge in [0.2, 0.25) is 0 Å². The molecule has 1 rings (SSSR count). The van der Waals surface area contributed by atoms with E-state index in [1.165, 1.54) is 18.1 Å². The highest BCUT2D eigenvalue weighted by molar-refractivity contribution is 7.98. The first-order valence-electron chi connectivity index (χ1n) is 10.3. The second kappa shape index (κ2) is 12.5. The van der Waals surface area contributed by atoms with Crippen LogP contribution in [0, 0.1) is 5.92 Å². The molecule has 0 bridgehead atoms. The number of Topliss-reactive ketones (excluding diaryl/α,β-unsaturated/α-hetero) is 1. The smallest absolute Gasteiger partial charge is 0.303 e. The summed E-state index contributed by atoms with van der Waals surface area (Å²) in [4.78, 5) is 23.9. The zero-order valence-electron chi connectivity index (χ0n) is 18.5. The van der Waals surface area contributed by atoms with Crippen molar-refractivity contribution in [2.24, 2.45) is 5.92 Å². The molecule has 0 aromatic heterocycles. The van der Waals surface area contributed by atoms with E-state index in [4.69, 9.17) is 9.47 Å². The fourth-order valence-corrected chi connectivity index (χ4v) is 3.85. The molecular weight excluding hydrogens is 372 g/mol. The lowest BCUT2D eigenvalue weighted by Gasteiger charge is -2.35. The molecule has 28 heavy (non-hydrogen) atoms. The molecule has 0 N–H and O–H groups in total. The molecule has 0 radical (unpaired) electrons. The van der Waals surface area contributed by atoms with Crippen LogP contribution in [0.25, 0.3) is 0 Å². The lowest BCUT2D eigenvalue weighted by Crippen LogP contribution is -2.43. The first-order chi connectivity index (χ1) is 13.2. The van der Waals surface area contributed by atoms with Crippen molar-refractivity contribution in [2.45, 2.75) is 84.8 Å². The highest BCUT2D eigenvalue weighted by Crippen LogP contribution is 2.34. The molecule has 5 heteroatoms. The number of ketones is 1. The molecule has 1 heterocycles. The first kappa shape index (κ1) is 25.0. The van der Waals surface area contributed by atoms with Crippen LogP contribution in [0.15, 0.2) is 23.3 Å². The summed E-state index contributed by atoms with van der Waals surface area (Å²) in [5, 5.41) is 0. The Morgan fingerprint density at radius 3 is 2.68 bits per heavy atom. The van der Waals surface area contributed by atoms with Gasteiger partial charge < -0.3 is 9.47 Å². The van der Waals surface area contributed by atoms with E-state index < -0.39 is 5.60 Å². The van der Waals surface area contributed by atoms with Gasteiger partial charge in [0.15, 0.2) is 0 Å². The molecule has 1 aliphatic heterocycles. The van der Waals surface area contributed by atoms with Crippen LogP contribution >= 0.6 is 11.8 Å².